The van der Waals surface area contributed by atoms with Crippen LogP contribution in [0.15, 0.2) is 16.6 Å². The molecule has 0 fully saturated rings. The highest BCUT2D eigenvalue weighted by atomic mass is 15.3. The molecule has 58 valence electrons. The van der Waals surface area contributed by atoms with Crippen LogP contribution in [0.5, 0.6) is 0 Å². The van der Waals surface area contributed by atoms with E-state index < -0.39 is 0 Å². The molecule has 0 aliphatic rings. The zero-order valence-corrected chi connectivity index (χ0v) is 6.39. The molecule has 0 aromatic carbocycles. The molecule has 5 N–H and O–H groups in total. The maximum atomic E-state index is 5.24. The zero-order chi connectivity index (χ0) is 7.98. The summed E-state index contributed by atoms with van der Waals surface area (Å²) < 4.78 is 0. The van der Waals surface area contributed by atoms with Gasteiger partial charge in [-0.2, -0.15) is 0 Å². The first kappa shape index (κ1) is 8.97. The van der Waals surface area contributed by atoms with Crippen molar-refractivity contribution >= 4 is 5.96 Å². The van der Waals surface area contributed by atoms with Crippen LogP contribution in [0, 0.1) is 0 Å². The van der Waals surface area contributed by atoms with E-state index in [-0.39, 0.29) is 5.96 Å². The summed E-state index contributed by atoms with van der Waals surface area (Å²) in [6.45, 7) is 4.58. The van der Waals surface area contributed by atoms with Gasteiger partial charge in [0.25, 0.3) is 0 Å². The van der Waals surface area contributed by atoms with E-state index in [1.165, 1.54) is 5.57 Å². The molecule has 0 unspecified atom stereocenters. The Morgan fingerprint density at radius 1 is 1.60 bits per heavy atom. The minimum atomic E-state index is 0.262. The third-order valence-corrected chi connectivity index (χ3v) is 0.909. The molecule has 0 radical (unpaired) electrons. The number of allylic oxidation sites excluding steroid dienone is 1. The Morgan fingerprint density at radius 2 is 2.20 bits per heavy atom. The van der Waals surface area contributed by atoms with Crippen molar-refractivity contribution in [3.63, 3.8) is 0 Å². The second-order valence-corrected chi connectivity index (χ2v) is 2.15. The molecule has 0 aromatic heterocycles. The molecule has 0 aliphatic carbocycles. The molecule has 0 spiro atoms. The monoisotopic (exact) mass is 142 g/mol. The van der Waals surface area contributed by atoms with Crippen LogP contribution >= 0.6 is 0 Å². The van der Waals surface area contributed by atoms with Crippen LogP contribution in [0.1, 0.15) is 13.8 Å². The van der Waals surface area contributed by atoms with Gasteiger partial charge in [0.1, 0.15) is 0 Å². The topological polar surface area (TPSA) is 76.4 Å². The highest BCUT2D eigenvalue weighted by Crippen LogP contribution is 1.86. The fourth-order valence-corrected chi connectivity index (χ4v) is 0.372. The van der Waals surface area contributed by atoms with Crippen molar-refractivity contribution in [2.45, 2.75) is 13.8 Å². The van der Waals surface area contributed by atoms with Gasteiger partial charge in [-0.05, 0) is 13.8 Å². The Labute approximate surface area is 61.0 Å². The highest BCUT2D eigenvalue weighted by Gasteiger charge is 1.81. The summed E-state index contributed by atoms with van der Waals surface area (Å²) in [5.74, 6) is 5.22. The summed E-state index contributed by atoms with van der Waals surface area (Å²) in [6.07, 6.45) is 1.96. The molecule has 0 atom stereocenters. The van der Waals surface area contributed by atoms with Crippen molar-refractivity contribution in [3.05, 3.63) is 11.6 Å². The molecule has 4 heteroatoms. The molecule has 4 nitrogen and oxygen atoms in total. The second kappa shape index (κ2) is 4.81. The van der Waals surface area contributed by atoms with E-state index in [2.05, 4.69) is 10.4 Å². The lowest BCUT2D eigenvalue weighted by Gasteiger charge is -1.94. The summed E-state index contributed by atoms with van der Waals surface area (Å²) >= 11 is 0. The third-order valence-electron chi connectivity index (χ3n) is 0.909. The first-order valence-electron chi connectivity index (χ1n) is 3.06. The average Bonchev–Trinajstić information content (AvgIpc) is 1.87. The summed E-state index contributed by atoms with van der Waals surface area (Å²) in [7, 11) is 0. The van der Waals surface area contributed by atoms with Crippen LogP contribution in [0.25, 0.3) is 0 Å². The van der Waals surface area contributed by atoms with Gasteiger partial charge in [-0.15, -0.1) is 0 Å². The Kier molecular flexibility index (Phi) is 4.32. The van der Waals surface area contributed by atoms with Gasteiger partial charge in [0.15, 0.2) is 0 Å². The van der Waals surface area contributed by atoms with Crippen molar-refractivity contribution in [1.82, 2.24) is 5.43 Å². The van der Waals surface area contributed by atoms with E-state index in [1.807, 2.05) is 19.9 Å². The fraction of sp³-hybridized carbons (Fsp3) is 0.500. The Morgan fingerprint density at radius 3 is 2.60 bits per heavy atom. The van der Waals surface area contributed by atoms with Gasteiger partial charge < -0.3 is 5.73 Å². The highest BCUT2D eigenvalue weighted by molar-refractivity contribution is 5.77. The van der Waals surface area contributed by atoms with Crippen LogP contribution in [0.2, 0.25) is 0 Å². The normalized spacial score (nSPS) is 10.9. The summed E-state index contributed by atoms with van der Waals surface area (Å²) in [5.41, 5.74) is 8.70. The van der Waals surface area contributed by atoms with Gasteiger partial charge >= 0.3 is 0 Å². The van der Waals surface area contributed by atoms with Gasteiger partial charge in [-0.25, -0.2) is 10.8 Å². The van der Waals surface area contributed by atoms with Crippen LogP contribution in [-0.4, -0.2) is 12.5 Å². The van der Waals surface area contributed by atoms with Crippen LogP contribution in [0.3, 0.4) is 0 Å². The van der Waals surface area contributed by atoms with E-state index in [0.717, 1.165) is 0 Å². The van der Waals surface area contributed by atoms with E-state index in [0.29, 0.717) is 6.54 Å². The number of hydrogen-bond donors (Lipinski definition) is 3. The fourth-order valence-electron chi connectivity index (χ4n) is 0.372. The van der Waals surface area contributed by atoms with Gasteiger partial charge in [-0.1, -0.05) is 11.6 Å². The molecule has 0 aliphatic heterocycles. The molecule has 0 amide bonds. The SMILES string of the molecule is CC(C)=CCN=C(N)NN. The molecule has 0 rings (SSSR count). The van der Waals surface area contributed by atoms with Crippen molar-refractivity contribution in [1.29, 1.82) is 0 Å². The van der Waals surface area contributed by atoms with Gasteiger partial charge in [-0.3, -0.25) is 5.43 Å². The number of nitrogens with two attached hydrogens (primary N) is 2. The lowest BCUT2D eigenvalue weighted by atomic mass is 10.3. The molecule has 0 saturated heterocycles. The number of hydrazine groups is 1. The van der Waals surface area contributed by atoms with Gasteiger partial charge in [0.2, 0.25) is 5.96 Å². The number of aliphatic imine (C=N–C) groups is 1. The van der Waals surface area contributed by atoms with Crippen LogP contribution in [0.4, 0.5) is 0 Å². The molecule has 10 heavy (non-hydrogen) atoms. The van der Waals surface area contributed by atoms with Crippen LogP contribution < -0.4 is 17.0 Å². The number of guanidine groups is 1. The predicted octanol–water partition coefficient (Wildman–Crippen LogP) is -0.269. The first-order valence-corrected chi connectivity index (χ1v) is 3.06. The molecular weight excluding hydrogens is 128 g/mol. The number of nitrogens with zero attached hydrogens (tertiary/aromatic N) is 1. The zero-order valence-electron chi connectivity index (χ0n) is 6.39. The second-order valence-electron chi connectivity index (χ2n) is 2.15. The Balaban J connectivity index is 3.63. The maximum Gasteiger partial charge on any atom is 0.203 e. The van der Waals surface area contributed by atoms with Crippen molar-refractivity contribution < 1.29 is 0 Å². The molecule has 0 aromatic rings. The first-order chi connectivity index (χ1) is 4.66. The predicted molar refractivity (Wildman–Crippen MR) is 43.2 cm³/mol. The van der Waals surface area contributed by atoms with E-state index in [1.54, 1.807) is 0 Å². The summed E-state index contributed by atoms with van der Waals surface area (Å²) in [4.78, 5) is 3.86. The van der Waals surface area contributed by atoms with E-state index in [9.17, 15) is 0 Å². The summed E-state index contributed by atoms with van der Waals surface area (Å²) in [5, 5.41) is 0. The van der Waals surface area contributed by atoms with Crippen LogP contribution in [-0.2, 0) is 0 Å². The molecule has 0 heterocycles. The lowest BCUT2D eigenvalue weighted by Crippen LogP contribution is -2.37. The average molecular weight is 142 g/mol. The molecular formula is C6H14N4. The Bertz CT molecular complexity index is 144. The molecule has 0 bridgehead atoms. The quantitative estimate of drug-likeness (QED) is 0.163. The van der Waals surface area contributed by atoms with E-state index >= 15 is 0 Å². The minimum Gasteiger partial charge on any atom is -0.369 e. The van der Waals surface area contributed by atoms with Gasteiger partial charge in [0.05, 0.1) is 6.54 Å². The van der Waals surface area contributed by atoms with Crippen molar-refractivity contribution in [2.75, 3.05) is 6.54 Å². The minimum absolute atomic E-state index is 0.262. The number of nitrogens with one attached hydrogen (secondary N) is 1. The number of hydrogen-bond acceptors (Lipinski definition) is 2. The third kappa shape index (κ3) is 5.11. The smallest absolute Gasteiger partial charge is 0.203 e. The summed E-state index contributed by atoms with van der Waals surface area (Å²) in [6, 6.07) is 0. The lowest BCUT2D eigenvalue weighted by molar-refractivity contribution is 0.987. The molecule has 0 saturated carbocycles. The number of rotatable bonds is 2. The Hall–Kier alpha value is -1.03. The van der Waals surface area contributed by atoms with E-state index in [4.69, 9.17) is 11.6 Å². The van der Waals surface area contributed by atoms with Crippen molar-refractivity contribution in [3.8, 4) is 0 Å². The maximum absolute atomic E-state index is 5.24. The van der Waals surface area contributed by atoms with Gasteiger partial charge in [0, 0.05) is 0 Å². The van der Waals surface area contributed by atoms with Crippen molar-refractivity contribution in [2.24, 2.45) is 16.6 Å². The standard InChI is InChI=1S/C6H14N4/c1-5(2)3-4-9-6(7)10-8/h3H,4,8H2,1-2H3,(H3,7,9,10). The largest absolute Gasteiger partial charge is 0.369 e.